The molecule has 2 fully saturated rings. The number of aromatic nitrogens is 1. The number of pyridine rings is 1. The molecule has 0 aliphatic carbocycles. The predicted octanol–water partition coefficient (Wildman–Crippen LogP) is 2.09. The average Bonchev–Trinajstić information content (AvgIpc) is 3.08. The minimum atomic E-state index is 0.0312. The number of hydrogen-bond acceptors (Lipinski definition) is 5. The Balaban J connectivity index is 1.43. The summed E-state index contributed by atoms with van der Waals surface area (Å²) in [5, 5.41) is 1.05. The van der Waals surface area contributed by atoms with Crippen molar-refractivity contribution in [3.8, 4) is 0 Å². The topological polar surface area (TPSA) is 54.9 Å². The zero-order valence-corrected chi connectivity index (χ0v) is 14.9. The molecular formula is C16H21Cl2N3O3. The van der Waals surface area contributed by atoms with Crippen LogP contribution in [0.25, 0.3) is 0 Å². The molecule has 0 spiro atoms. The number of anilines is 1. The summed E-state index contributed by atoms with van der Waals surface area (Å²) in [4.78, 5) is 20.4. The second-order valence-corrected chi connectivity index (χ2v) is 6.92. The standard InChI is InChI=1S/C16H21Cl2N3O3/c17-13-7-14(18)16(19-8-13)21-4-2-20(3-5-21)15(22)11-24-10-12-1-6-23-9-12/h7-8,12H,1-6,9-11H2/t12-/m1/s1. The molecule has 24 heavy (non-hydrogen) atoms. The maximum Gasteiger partial charge on any atom is 0.248 e. The second-order valence-electron chi connectivity index (χ2n) is 6.07. The van der Waals surface area contributed by atoms with Crippen molar-refractivity contribution in [3.05, 3.63) is 22.3 Å². The number of ether oxygens (including phenoxy) is 2. The molecule has 3 rings (SSSR count). The van der Waals surface area contributed by atoms with Gasteiger partial charge in [-0.15, -0.1) is 0 Å². The lowest BCUT2D eigenvalue weighted by Gasteiger charge is -2.35. The SMILES string of the molecule is O=C(COC[C@@H]1CCOC1)N1CCN(c2ncc(Cl)cc2Cl)CC1. The summed E-state index contributed by atoms with van der Waals surface area (Å²) in [6, 6.07) is 1.68. The molecular weight excluding hydrogens is 353 g/mol. The van der Waals surface area contributed by atoms with E-state index in [9.17, 15) is 4.79 Å². The minimum Gasteiger partial charge on any atom is -0.381 e. The maximum atomic E-state index is 12.2. The molecule has 3 heterocycles. The van der Waals surface area contributed by atoms with Gasteiger partial charge in [0.2, 0.25) is 5.91 Å². The molecule has 2 aliphatic rings. The smallest absolute Gasteiger partial charge is 0.248 e. The zero-order valence-electron chi connectivity index (χ0n) is 13.4. The number of piperazine rings is 1. The first-order valence-corrected chi connectivity index (χ1v) is 8.88. The Labute approximate surface area is 151 Å². The third-order valence-corrected chi connectivity index (χ3v) is 4.81. The van der Waals surface area contributed by atoms with Crippen LogP contribution in [0.5, 0.6) is 0 Å². The lowest BCUT2D eigenvalue weighted by molar-refractivity contribution is -0.136. The number of carbonyl (C=O) groups excluding carboxylic acids is 1. The second kappa shape index (κ2) is 8.34. The van der Waals surface area contributed by atoms with Crippen molar-refractivity contribution in [1.29, 1.82) is 0 Å². The molecule has 0 radical (unpaired) electrons. The molecule has 8 heteroatoms. The van der Waals surface area contributed by atoms with Crippen LogP contribution in [0.3, 0.4) is 0 Å². The van der Waals surface area contributed by atoms with Gasteiger partial charge in [-0.25, -0.2) is 4.98 Å². The van der Waals surface area contributed by atoms with Crippen molar-refractivity contribution in [2.75, 3.05) is 57.5 Å². The van der Waals surface area contributed by atoms with E-state index in [-0.39, 0.29) is 12.5 Å². The van der Waals surface area contributed by atoms with Crippen molar-refractivity contribution >= 4 is 34.9 Å². The van der Waals surface area contributed by atoms with E-state index in [2.05, 4.69) is 9.88 Å². The zero-order chi connectivity index (χ0) is 16.9. The van der Waals surface area contributed by atoms with Crippen LogP contribution in [-0.4, -0.2) is 68.4 Å². The van der Waals surface area contributed by atoms with E-state index in [0.29, 0.717) is 54.6 Å². The summed E-state index contributed by atoms with van der Waals surface area (Å²) in [7, 11) is 0. The van der Waals surface area contributed by atoms with Crippen molar-refractivity contribution in [2.24, 2.45) is 5.92 Å². The number of hydrogen-bond donors (Lipinski definition) is 0. The summed E-state index contributed by atoms with van der Waals surface area (Å²) >= 11 is 12.1. The van der Waals surface area contributed by atoms with Crippen LogP contribution < -0.4 is 4.90 Å². The van der Waals surface area contributed by atoms with Crippen LogP contribution in [0, 0.1) is 5.92 Å². The molecule has 132 valence electrons. The molecule has 0 unspecified atom stereocenters. The molecule has 2 aliphatic heterocycles. The van der Waals surface area contributed by atoms with E-state index in [1.807, 2.05) is 4.90 Å². The van der Waals surface area contributed by atoms with Gasteiger partial charge in [-0.1, -0.05) is 23.2 Å². The average molecular weight is 374 g/mol. The summed E-state index contributed by atoms with van der Waals surface area (Å²) in [5.41, 5.74) is 0. The third kappa shape index (κ3) is 4.51. The molecule has 1 aromatic rings. The van der Waals surface area contributed by atoms with Crippen LogP contribution in [0.2, 0.25) is 10.0 Å². The van der Waals surface area contributed by atoms with E-state index >= 15 is 0 Å². The fraction of sp³-hybridized carbons (Fsp3) is 0.625. The first-order valence-electron chi connectivity index (χ1n) is 8.13. The molecule has 1 amide bonds. The van der Waals surface area contributed by atoms with Crippen LogP contribution in [0.15, 0.2) is 12.3 Å². The van der Waals surface area contributed by atoms with Crippen LogP contribution in [0.1, 0.15) is 6.42 Å². The fourth-order valence-electron chi connectivity index (χ4n) is 2.93. The quantitative estimate of drug-likeness (QED) is 0.790. The van der Waals surface area contributed by atoms with Crippen molar-refractivity contribution in [1.82, 2.24) is 9.88 Å². The number of rotatable bonds is 5. The number of carbonyl (C=O) groups is 1. The molecule has 0 bridgehead atoms. The van der Waals surface area contributed by atoms with Gasteiger partial charge in [0.15, 0.2) is 0 Å². The van der Waals surface area contributed by atoms with Gasteiger partial charge < -0.3 is 19.3 Å². The summed E-state index contributed by atoms with van der Waals surface area (Å²) in [5.74, 6) is 1.17. The van der Waals surface area contributed by atoms with Crippen LogP contribution in [0.4, 0.5) is 5.82 Å². The molecule has 2 saturated heterocycles. The Hall–Kier alpha value is -1.08. The molecule has 0 aromatic carbocycles. The van der Waals surface area contributed by atoms with Gasteiger partial charge in [-0.2, -0.15) is 0 Å². The largest absolute Gasteiger partial charge is 0.381 e. The highest BCUT2D eigenvalue weighted by Crippen LogP contribution is 2.26. The molecule has 1 aromatic heterocycles. The van der Waals surface area contributed by atoms with E-state index in [1.54, 1.807) is 12.3 Å². The third-order valence-electron chi connectivity index (χ3n) is 4.32. The van der Waals surface area contributed by atoms with Gasteiger partial charge in [0.05, 0.1) is 23.3 Å². The Bertz CT molecular complexity index is 574. The molecule has 6 nitrogen and oxygen atoms in total. The maximum absolute atomic E-state index is 12.2. The summed E-state index contributed by atoms with van der Waals surface area (Å²) in [6.07, 6.45) is 2.60. The lowest BCUT2D eigenvalue weighted by atomic mass is 10.1. The van der Waals surface area contributed by atoms with E-state index < -0.39 is 0 Å². The van der Waals surface area contributed by atoms with Crippen molar-refractivity contribution in [2.45, 2.75) is 6.42 Å². The van der Waals surface area contributed by atoms with E-state index in [0.717, 1.165) is 19.6 Å². The van der Waals surface area contributed by atoms with Gasteiger partial charge in [-0.3, -0.25) is 4.79 Å². The number of amides is 1. The van der Waals surface area contributed by atoms with Crippen LogP contribution in [-0.2, 0) is 14.3 Å². The highest BCUT2D eigenvalue weighted by atomic mass is 35.5. The van der Waals surface area contributed by atoms with E-state index in [4.69, 9.17) is 32.7 Å². The molecule has 0 N–H and O–H groups in total. The highest BCUT2D eigenvalue weighted by molar-refractivity contribution is 6.36. The minimum absolute atomic E-state index is 0.0312. The molecule has 0 saturated carbocycles. The predicted molar refractivity (Wildman–Crippen MR) is 92.8 cm³/mol. The monoisotopic (exact) mass is 373 g/mol. The fourth-order valence-corrected chi connectivity index (χ4v) is 3.43. The van der Waals surface area contributed by atoms with E-state index in [1.165, 1.54) is 0 Å². The van der Waals surface area contributed by atoms with Crippen LogP contribution >= 0.6 is 23.2 Å². The Morgan fingerprint density at radius 1 is 1.33 bits per heavy atom. The Morgan fingerprint density at radius 2 is 2.12 bits per heavy atom. The van der Waals surface area contributed by atoms with Gasteiger partial charge in [0.1, 0.15) is 12.4 Å². The Morgan fingerprint density at radius 3 is 2.79 bits per heavy atom. The van der Waals surface area contributed by atoms with Gasteiger partial charge in [0, 0.05) is 44.9 Å². The molecule has 1 atom stereocenters. The first kappa shape index (κ1) is 17.7. The Kier molecular flexibility index (Phi) is 6.16. The number of halogens is 2. The lowest BCUT2D eigenvalue weighted by Crippen LogP contribution is -2.50. The van der Waals surface area contributed by atoms with Crippen molar-refractivity contribution in [3.63, 3.8) is 0 Å². The summed E-state index contributed by atoms with van der Waals surface area (Å²) in [6.45, 7) is 4.91. The normalized spacial score (nSPS) is 21.3. The van der Waals surface area contributed by atoms with Crippen molar-refractivity contribution < 1.29 is 14.3 Å². The van der Waals surface area contributed by atoms with Gasteiger partial charge >= 0.3 is 0 Å². The summed E-state index contributed by atoms with van der Waals surface area (Å²) < 4.78 is 10.8. The van der Waals surface area contributed by atoms with Gasteiger partial charge in [-0.05, 0) is 12.5 Å². The number of nitrogens with zero attached hydrogens (tertiary/aromatic N) is 3. The van der Waals surface area contributed by atoms with Gasteiger partial charge in [0.25, 0.3) is 0 Å². The first-order chi connectivity index (χ1) is 11.6. The highest BCUT2D eigenvalue weighted by Gasteiger charge is 2.24.